The molecular formula is C28H33Cl2N3O6S. The second kappa shape index (κ2) is 12.7. The molecule has 1 aliphatic rings. The number of nitrogens with zero attached hydrogens (tertiary/aromatic N) is 1. The zero-order valence-electron chi connectivity index (χ0n) is 23.2. The van der Waals surface area contributed by atoms with E-state index in [1.807, 2.05) is 13.8 Å². The highest BCUT2D eigenvalue weighted by atomic mass is 35.5. The van der Waals surface area contributed by atoms with Crippen LogP contribution in [0.5, 0.6) is 0 Å². The Hall–Kier alpha value is -2.95. The van der Waals surface area contributed by atoms with Crippen molar-refractivity contribution in [1.29, 1.82) is 0 Å². The molecule has 2 aromatic carbocycles. The van der Waals surface area contributed by atoms with Gasteiger partial charge in [0, 0.05) is 16.9 Å². The van der Waals surface area contributed by atoms with Gasteiger partial charge < -0.3 is 20.1 Å². The van der Waals surface area contributed by atoms with E-state index in [0.29, 0.717) is 11.3 Å². The van der Waals surface area contributed by atoms with Gasteiger partial charge in [-0.3, -0.25) is 14.5 Å². The Balaban J connectivity index is 1.73. The summed E-state index contributed by atoms with van der Waals surface area (Å²) in [7, 11) is 1.24. The van der Waals surface area contributed by atoms with Gasteiger partial charge in [0.1, 0.15) is 17.7 Å². The van der Waals surface area contributed by atoms with E-state index >= 15 is 0 Å². The number of ether oxygens (including phenoxy) is 2. The van der Waals surface area contributed by atoms with Gasteiger partial charge >= 0.3 is 12.1 Å². The quantitative estimate of drug-likeness (QED) is 0.396. The van der Waals surface area contributed by atoms with Crippen LogP contribution in [0.3, 0.4) is 0 Å². The number of esters is 1. The van der Waals surface area contributed by atoms with Gasteiger partial charge in [-0.1, -0.05) is 41.4 Å². The van der Waals surface area contributed by atoms with E-state index in [1.54, 1.807) is 63.2 Å². The van der Waals surface area contributed by atoms with Crippen molar-refractivity contribution >= 4 is 64.5 Å². The fraction of sp³-hybridized carbons (Fsp3) is 0.429. The van der Waals surface area contributed by atoms with Crippen LogP contribution in [-0.2, 0) is 25.5 Å². The first-order valence-corrected chi connectivity index (χ1v) is 14.2. The average Bonchev–Trinajstić information content (AvgIpc) is 3.18. The Morgan fingerprint density at radius 2 is 1.68 bits per heavy atom. The summed E-state index contributed by atoms with van der Waals surface area (Å²) in [5.41, 5.74) is 0.626. The third-order valence-corrected chi connectivity index (χ3v) is 8.07. The minimum Gasteiger partial charge on any atom is -0.467 e. The second-order valence-electron chi connectivity index (χ2n) is 10.8. The van der Waals surface area contributed by atoms with Crippen molar-refractivity contribution in [2.75, 3.05) is 18.3 Å². The van der Waals surface area contributed by atoms with Crippen molar-refractivity contribution in [3.05, 3.63) is 63.6 Å². The van der Waals surface area contributed by atoms with Crippen molar-refractivity contribution < 1.29 is 28.7 Å². The Bertz CT molecular complexity index is 1260. The van der Waals surface area contributed by atoms with Crippen LogP contribution >= 0.6 is 35.0 Å². The molecule has 1 saturated heterocycles. The SMILES string of the molecule is COC(=O)C(Cc1ccc(NC(=O)c2c(Cl)cccc2Cl)cc1)NC(=O)C1N(C(=O)OC(C)(C)C)CSC1(C)C. The summed E-state index contributed by atoms with van der Waals surface area (Å²) in [6.45, 7) is 8.99. The van der Waals surface area contributed by atoms with Gasteiger partial charge in [0.2, 0.25) is 5.91 Å². The fourth-order valence-corrected chi connectivity index (χ4v) is 5.84. The van der Waals surface area contributed by atoms with Gasteiger partial charge in [0.05, 0.1) is 28.6 Å². The lowest BCUT2D eigenvalue weighted by Gasteiger charge is -2.32. The first-order chi connectivity index (χ1) is 18.6. The van der Waals surface area contributed by atoms with Gasteiger partial charge in [-0.25, -0.2) is 9.59 Å². The first kappa shape index (κ1) is 31.6. The Labute approximate surface area is 248 Å². The minimum absolute atomic E-state index is 0.121. The molecule has 1 aliphatic heterocycles. The number of hydrogen-bond donors (Lipinski definition) is 2. The average molecular weight is 611 g/mol. The van der Waals surface area contributed by atoms with Crippen LogP contribution in [-0.4, -0.2) is 64.2 Å². The molecular weight excluding hydrogens is 577 g/mol. The number of rotatable bonds is 7. The van der Waals surface area contributed by atoms with Gasteiger partial charge in [-0.2, -0.15) is 0 Å². The normalized spacial score (nSPS) is 17.1. The lowest BCUT2D eigenvalue weighted by molar-refractivity contribution is -0.145. The summed E-state index contributed by atoms with van der Waals surface area (Å²) in [6.07, 6.45) is -0.480. The predicted octanol–water partition coefficient (Wildman–Crippen LogP) is 5.53. The number of hydrogen-bond acceptors (Lipinski definition) is 7. The molecule has 0 bridgehead atoms. The largest absolute Gasteiger partial charge is 0.467 e. The van der Waals surface area contributed by atoms with Crippen LogP contribution in [0.2, 0.25) is 10.0 Å². The summed E-state index contributed by atoms with van der Waals surface area (Å²) < 4.78 is 9.82. The van der Waals surface area contributed by atoms with Crippen LogP contribution in [0, 0.1) is 0 Å². The third-order valence-electron chi connectivity index (χ3n) is 6.07. The number of halogens is 2. The number of carbonyl (C=O) groups is 4. The zero-order valence-corrected chi connectivity index (χ0v) is 25.5. The van der Waals surface area contributed by atoms with E-state index in [-0.39, 0.29) is 27.9 Å². The topological polar surface area (TPSA) is 114 Å². The highest BCUT2D eigenvalue weighted by molar-refractivity contribution is 8.00. The van der Waals surface area contributed by atoms with Crippen molar-refractivity contribution in [2.45, 2.75) is 63.5 Å². The molecule has 0 aromatic heterocycles. The Morgan fingerprint density at radius 1 is 1.07 bits per heavy atom. The molecule has 0 saturated carbocycles. The first-order valence-electron chi connectivity index (χ1n) is 12.5. The monoisotopic (exact) mass is 609 g/mol. The van der Waals surface area contributed by atoms with Gasteiger partial charge in [-0.15, -0.1) is 11.8 Å². The van der Waals surface area contributed by atoms with Crippen LogP contribution < -0.4 is 10.6 Å². The van der Waals surface area contributed by atoms with Crippen molar-refractivity contribution in [2.24, 2.45) is 0 Å². The number of thioether (sulfide) groups is 1. The van der Waals surface area contributed by atoms with E-state index in [4.69, 9.17) is 32.7 Å². The number of amides is 3. The predicted molar refractivity (Wildman–Crippen MR) is 157 cm³/mol. The number of benzene rings is 2. The summed E-state index contributed by atoms with van der Waals surface area (Å²) in [5, 5.41) is 5.97. The summed E-state index contributed by atoms with van der Waals surface area (Å²) in [4.78, 5) is 53.0. The molecule has 3 rings (SSSR count). The fourth-order valence-electron chi connectivity index (χ4n) is 4.15. The zero-order chi connectivity index (χ0) is 29.8. The third kappa shape index (κ3) is 7.83. The van der Waals surface area contributed by atoms with Crippen molar-refractivity contribution in [3.8, 4) is 0 Å². The molecule has 12 heteroatoms. The smallest absolute Gasteiger partial charge is 0.411 e. The Kier molecular flexibility index (Phi) is 10.0. The number of methoxy groups -OCH3 is 1. The molecule has 1 heterocycles. The number of anilines is 1. The maximum absolute atomic E-state index is 13.5. The van der Waals surface area contributed by atoms with Crippen LogP contribution in [0.15, 0.2) is 42.5 Å². The molecule has 1 fully saturated rings. The van der Waals surface area contributed by atoms with Crippen LogP contribution in [0.4, 0.5) is 10.5 Å². The highest BCUT2D eigenvalue weighted by Crippen LogP contribution is 2.40. The van der Waals surface area contributed by atoms with E-state index in [9.17, 15) is 19.2 Å². The molecule has 3 amide bonds. The van der Waals surface area contributed by atoms with E-state index in [0.717, 1.165) is 0 Å². The molecule has 9 nitrogen and oxygen atoms in total. The lowest BCUT2D eigenvalue weighted by Crippen LogP contribution is -2.57. The highest BCUT2D eigenvalue weighted by Gasteiger charge is 2.49. The summed E-state index contributed by atoms with van der Waals surface area (Å²) in [6, 6.07) is 9.67. The van der Waals surface area contributed by atoms with Gasteiger partial charge in [-0.05, 0) is 64.4 Å². The summed E-state index contributed by atoms with van der Waals surface area (Å²) >= 11 is 13.7. The van der Waals surface area contributed by atoms with E-state index in [1.165, 1.54) is 23.8 Å². The molecule has 2 aromatic rings. The van der Waals surface area contributed by atoms with Gasteiger partial charge in [0.15, 0.2) is 0 Å². The maximum Gasteiger partial charge on any atom is 0.411 e. The van der Waals surface area contributed by atoms with E-state index < -0.39 is 46.3 Å². The van der Waals surface area contributed by atoms with Crippen LogP contribution in [0.25, 0.3) is 0 Å². The standard InChI is InChI=1S/C28H33Cl2N3O6S/c1-27(2,3)39-26(37)33-15-40-28(4,5)22(33)24(35)32-20(25(36)38-6)14-16-10-12-17(13-11-16)31-23(34)21-18(29)8-7-9-19(21)30/h7-13,20,22H,14-15H2,1-6H3,(H,31,34)(H,32,35). The number of nitrogens with one attached hydrogen (secondary N) is 2. The minimum atomic E-state index is -1.01. The molecule has 40 heavy (non-hydrogen) atoms. The molecule has 2 atom stereocenters. The molecule has 0 spiro atoms. The lowest BCUT2D eigenvalue weighted by atomic mass is 9.99. The maximum atomic E-state index is 13.5. The van der Waals surface area contributed by atoms with E-state index in [2.05, 4.69) is 10.6 Å². The van der Waals surface area contributed by atoms with Crippen molar-refractivity contribution in [1.82, 2.24) is 10.2 Å². The van der Waals surface area contributed by atoms with Gasteiger partial charge in [0.25, 0.3) is 5.91 Å². The number of carbonyl (C=O) groups excluding carboxylic acids is 4. The molecule has 0 aliphatic carbocycles. The molecule has 216 valence electrons. The summed E-state index contributed by atoms with van der Waals surface area (Å²) in [5.74, 6) is -1.31. The Morgan fingerprint density at radius 3 is 2.23 bits per heavy atom. The van der Waals surface area contributed by atoms with Crippen LogP contribution in [0.1, 0.15) is 50.5 Å². The molecule has 2 unspecified atom stereocenters. The van der Waals surface area contributed by atoms with Crippen molar-refractivity contribution in [3.63, 3.8) is 0 Å². The second-order valence-corrected chi connectivity index (χ2v) is 13.2. The molecule has 0 radical (unpaired) electrons. The molecule has 2 N–H and O–H groups in total.